The third kappa shape index (κ3) is 2.34. The van der Waals surface area contributed by atoms with Crippen molar-refractivity contribution in [2.75, 3.05) is 18.4 Å². The average Bonchev–Trinajstić information content (AvgIpc) is 2.30. The molecule has 0 radical (unpaired) electrons. The highest BCUT2D eigenvalue weighted by Gasteiger charge is 2.31. The van der Waals surface area contributed by atoms with Crippen molar-refractivity contribution in [3.05, 3.63) is 29.8 Å². The Bertz CT molecular complexity index is 400. The Morgan fingerprint density at radius 2 is 2.38 bits per heavy atom. The molecule has 16 heavy (non-hydrogen) atoms. The summed E-state index contributed by atoms with van der Waals surface area (Å²) in [6.45, 7) is 3.79. The lowest BCUT2D eigenvalue weighted by molar-refractivity contribution is 0.411. The highest BCUT2D eigenvalue weighted by atomic mass is 15.1. The number of benzene rings is 1. The van der Waals surface area contributed by atoms with E-state index in [0.717, 1.165) is 31.6 Å². The highest BCUT2D eigenvalue weighted by molar-refractivity contribution is 5.50. The molecule has 0 saturated carbocycles. The van der Waals surface area contributed by atoms with Crippen molar-refractivity contribution in [1.29, 1.82) is 5.26 Å². The van der Waals surface area contributed by atoms with Crippen LogP contribution in [0.5, 0.6) is 0 Å². The minimum Gasteiger partial charge on any atom is -0.366 e. The molecule has 0 bridgehead atoms. The fourth-order valence-electron chi connectivity index (χ4n) is 2.13. The summed E-state index contributed by atoms with van der Waals surface area (Å²) in [5.74, 6) is 0. The first-order valence-electron chi connectivity index (χ1n) is 5.71. The third-order valence-corrected chi connectivity index (χ3v) is 3.00. The lowest BCUT2D eigenvalue weighted by Gasteiger charge is -2.33. The van der Waals surface area contributed by atoms with Gasteiger partial charge in [-0.2, -0.15) is 5.26 Å². The van der Waals surface area contributed by atoms with Gasteiger partial charge in [0.25, 0.3) is 0 Å². The van der Waals surface area contributed by atoms with Crippen LogP contribution in [0, 0.1) is 18.3 Å². The number of nitriles is 1. The fraction of sp³-hybridized carbons (Fsp3) is 0.462. The molecule has 1 aromatic carbocycles. The van der Waals surface area contributed by atoms with Crippen molar-refractivity contribution in [2.24, 2.45) is 0 Å². The SMILES string of the molecule is Cc1cccc(NC2(C#N)CCCNC2)c1. The van der Waals surface area contributed by atoms with E-state index in [4.69, 9.17) is 0 Å². The predicted molar refractivity (Wildman–Crippen MR) is 65.2 cm³/mol. The summed E-state index contributed by atoms with van der Waals surface area (Å²) < 4.78 is 0. The summed E-state index contributed by atoms with van der Waals surface area (Å²) in [5.41, 5.74) is 1.80. The summed E-state index contributed by atoms with van der Waals surface area (Å²) in [7, 11) is 0. The monoisotopic (exact) mass is 215 g/mol. The van der Waals surface area contributed by atoms with E-state index in [0.29, 0.717) is 0 Å². The van der Waals surface area contributed by atoms with Gasteiger partial charge in [-0.1, -0.05) is 12.1 Å². The largest absolute Gasteiger partial charge is 0.366 e. The zero-order valence-corrected chi connectivity index (χ0v) is 9.59. The Labute approximate surface area is 96.5 Å². The first kappa shape index (κ1) is 11.0. The van der Waals surface area contributed by atoms with Crippen LogP contribution in [-0.2, 0) is 0 Å². The quantitative estimate of drug-likeness (QED) is 0.793. The molecule has 1 aliphatic heterocycles. The summed E-state index contributed by atoms with van der Waals surface area (Å²) in [4.78, 5) is 0. The lowest BCUT2D eigenvalue weighted by atomic mass is 9.91. The Hall–Kier alpha value is -1.53. The summed E-state index contributed by atoms with van der Waals surface area (Å²) >= 11 is 0. The summed E-state index contributed by atoms with van der Waals surface area (Å²) in [5, 5.41) is 16.0. The molecule has 1 aromatic rings. The summed E-state index contributed by atoms with van der Waals surface area (Å²) in [6, 6.07) is 10.6. The van der Waals surface area contributed by atoms with Gasteiger partial charge in [-0.05, 0) is 44.0 Å². The predicted octanol–water partition coefficient (Wildman–Crippen LogP) is 2.05. The second kappa shape index (κ2) is 4.54. The van der Waals surface area contributed by atoms with E-state index < -0.39 is 5.54 Å². The van der Waals surface area contributed by atoms with Crippen LogP contribution < -0.4 is 10.6 Å². The van der Waals surface area contributed by atoms with E-state index in [-0.39, 0.29) is 0 Å². The zero-order chi connectivity index (χ0) is 11.4. The first-order valence-corrected chi connectivity index (χ1v) is 5.71. The van der Waals surface area contributed by atoms with Crippen LogP contribution in [0.3, 0.4) is 0 Å². The maximum Gasteiger partial charge on any atom is 0.138 e. The molecule has 1 fully saturated rings. The topological polar surface area (TPSA) is 47.9 Å². The molecule has 84 valence electrons. The molecule has 1 atom stereocenters. The van der Waals surface area contributed by atoms with Gasteiger partial charge in [0.1, 0.15) is 5.54 Å². The Balaban J connectivity index is 2.15. The van der Waals surface area contributed by atoms with Gasteiger partial charge in [0.15, 0.2) is 0 Å². The van der Waals surface area contributed by atoms with E-state index in [1.807, 2.05) is 12.1 Å². The number of anilines is 1. The standard InChI is InChI=1S/C13H17N3/c1-11-4-2-5-12(8-11)16-13(9-14)6-3-7-15-10-13/h2,4-5,8,15-16H,3,6-7,10H2,1H3. The van der Waals surface area contributed by atoms with Gasteiger partial charge in [-0.3, -0.25) is 0 Å². The van der Waals surface area contributed by atoms with Gasteiger partial charge >= 0.3 is 0 Å². The minimum absolute atomic E-state index is 0.438. The number of hydrogen-bond acceptors (Lipinski definition) is 3. The molecule has 3 heteroatoms. The molecule has 0 spiro atoms. The zero-order valence-electron chi connectivity index (χ0n) is 9.59. The van der Waals surface area contributed by atoms with Gasteiger partial charge in [-0.25, -0.2) is 0 Å². The normalized spacial score (nSPS) is 24.8. The van der Waals surface area contributed by atoms with Crippen molar-refractivity contribution in [2.45, 2.75) is 25.3 Å². The Kier molecular flexibility index (Phi) is 3.12. The van der Waals surface area contributed by atoms with Crippen molar-refractivity contribution < 1.29 is 0 Å². The van der Waals surface area contributed by atoms with Crippen LogP contribution in [0.4, 0.5) is 5.69 Å². The first-order chi connectivity index (χ1) is 7.74. The second-order valence-electron chi connectivity index (χ2n) is 4.47. The lowest BCUT2D eigenvalue weighted by Crippen LogP contribution is -2.50. The molecule has 1 unspecified atom stereocenters. The van der Waals surface area contributed by atoms with Crippen molar-refractivity contribution in [3.63, 3.8) is 0 Å². The molecule has 2 rings (SSSR count). The summed E-state index contributed by atoms with van der Waals surface area (Å²) in [6.07, 6.45) is 1.96. The number of hydrogen-bond donors (Lipinski definition) is 2. The molecular weight excluding hydrogens is 198 g/mol. The van der Waals surface area contributed by atoms with E-state index in [1.54, 1.807) is 0 Å². The number of nitrogens with one attached hydrogen (secondary N) is 2. The fourth-order valence-corrected chi connectivity index (χ4v) is 2.13. The number of aryl methyl sites for hydroxylation is 1. The van der Waals surface area contributed by atoms with Gasteiger partial charge in [0, 0.05) is 12.2 Å². The molecule has 2 N–H and O–H groups in total. The number of nitrogens with zero attached hydrogens (tertiary/aromatic N) is 1. The number of rotatable bonds is 2. The number of piperidine rings is 1. The van der Waals surface area contributed by atoms with Crippen LogP contribution >= 0.6 is 0 Å². The van der Waals surface area contributed by atoms with Gasteiger partial charge in [0.2, 0.25) is 0 Å². The van der Waals surface area contributed by atoms with E-state index in [9.17, 15) is 5.26 Å². The maximum absolute atomic E-state index is 9.32. The Morgan fingerprint density at radius 3 is 3.00 bits per heavy atom. The molecule has 1 aliphatic rings. The molecule has 0 aromatic heterocycles. The van der Waals surface area contributed by atoms with Gasteiger partial charge in [0.05, 0.1) is 6.07 Å². The molecular formula is C13H17N3. The molecule has 3 nitrogen and oxygen atoms in total. The van der Waals surface area contributed by atoms with Crippen molar-refractivity contribution >= 4 is 5.69 Å². The van der Waals surface area contributed by atoms with E-state index in [1.165, 1.54) is 5.56 Å². The van der Waals surface area contributed by atoms with Crippen LogP contribution in [0.15, 0.2) is 24.3 Å². The highest BCUT2D eigenvalue weighted by Crippen LogP contribution is 2.22. The van der Waals surface area contributed by atoms with Gasteiger partial charge < -0.3 is 10.6 Å². The average molecular weight is 215 g/mol. The Morgan fingerprint density at radius 1 is 1.50 bits per heavy atom. The van der Waals surface area contributed by atoms with Crippen LogP contribution in [0.25, 0.3) is 0 Å². The molecule has 1 heterocycles. The van der Waals surface area contributed by atoms with Crippen LogP contribution in [0.1, 0.15) is 18.4 Å². The molecule has 1 saturated heterocycles. The van der Waals surface area contributed by atoms with Crippen molar-refractivity contribution in [3.8, 4) is 6.07 Å². The maximum atomic E-state index is 9.32. The van der Waals surface area contributed by atoms with Gasteiger partial charge in [-0.15, -0.1) is 0 Å². The minimum atomic E-state index is -0.438. The third-order valence-electron chi connectivity index (χ3n) is 3.00. The van der Waals surface area contributed by atoms with E-state index in [2.05, 4.69) is 35.8 Å². The molecule has 0 aliphatic carbocycles. The molecule has 0 amide bonds. The second-order valence-corrected chi connectivity index (χ2v) is 4.47. The van der Waals surface area contributed by atoms with E-state index >= 15 is 0 Å². The van der Waals surface area contributed by atoms with Crippen molar-refractivity contribution in [1.82, 2.24) is 5.32 Å². The van der Waals surface area contributed by atoms with Crippen LogP contribution in [0.2, 0.25) is 0 Å². The van der Waals surface area contributed by atoms with Crippen LogP contribution in [-0.4, -0.2) is 18.6 Å². The smallest absolute Gasteiger partial charge is 0.138 e.